The number of hydrogen-bond donors (Lipinski definition) is 3. The van der Waals surface area contributed by atoms with Gasteiger partial charge in [0.05, 0.1) is 0 Å². The molecule has 0 aliphatic heterocycles. The van der Waals surface area contributed by atoms with Gasteiger partial charge < -0.3 is 19.7 Å². The van der Waals surface area contributed by atoms with Crippen molar-refractivity contribution in [3.05, 3.63) is 71.4 Å². The smallest absolute Gasteiger partial charge is 0.414 e. The lowest BCUT2D eigenvalue weighted by Gasteiger charge is -2.34. The number of carboxylic acid groups (broad SMARTS) is 1. The van der Waals surface area contributed by atoms with E-state index in [4.69, 9.17) is 14.4 Å². The van der Waals surface area contributed by atoms with Gasteiger partial charge in [-0.25, -0.2) is 4.79 Å². The fourth-order valence-electron chi connectivity index (χ4n) is 4.70. The Morgan fingerprint density at radius 2 is 1.68 bits per heavy atom. The van der Waals surface area contributed by atoms with Gasteiger partial charge >= 0.3 is 12.1 Å². The summed E-state index contributed by atoms with van der Waals surface area (Å²) in [5.74, 6) is -1.27. The molecule has 3 aromatic rings. The molecule has 9 heteroatoms. The molecule has 1 aromatic heterocycles. The molecule has 0 radical (unpaired) electrons. The fourth-order valence-corrected chi connectivity index (χ4v) is 4.70. The Kier molecular flexibility index (Phi) is 5.75. The lowest BCUT2D eigenvalue weighted by atomic mass is 9.78. The summed E-state index contributed by atoms with van der Waals surface area (Å²) in [7, 11) is 0. The van der Waals surface area contributed by atoms with Gasteiger partial charge in [0, 0.05) is 24.4 Å². The summed E-state index contributed by atoms with van der Waals surface area (Å²) in [4.78, 5) is 35.4. The van der Waals surface area contributed by atoms with Crippen LogP contribution in [0, 0.1) is 5.92 Å². The van der Waals surface area contributed by atoms with E-state index in [-0.39, 0.29) is 42.5 Å². The Hall–Kier alpha value is -4.14. The number of fused-ring (bicyclic) bond motifs is 3. The summed E-state index contributed by atoms with van der Waals surface area (Å²) in [6.45, 7) is 0.153. The molecule has 2 aromatic carbocycles. The molecule has 9 nitrogen and oxygen atoms in total. The number of ether oxygens (including phenoxy) is 1. The highest BCUT2D eigenvalue weighted by atomic mass is 16.6. The van der Waals surface area contributed by atoms with E-state index in [9.17, 15) is 14.4 Å². The SMILES string of the molecule is O=C(O)CC1CC(NC(=O)c2cc(NC(=O)OCC3c4ccccc4-c4ccccc43)on2)C1. The average molecular weight is 461 g/mol. The van der Waals surface area contributed by atoms with Gasteiger partial charge in [0.25, 0.3) is 5.91 Å². The van der Waals surface area contributed by atoms with Gasteiger partial charge in [-0.2, -0.15) is 0 Å². The molecule has 2 aliphatic rings. The molecule has 0 saturated heterocycles. The molecular weight excluding hydrogens is 438 g/mol. The molecule has 0 spiro atoms. The number of benzene rings is 2. The molecule has 34 heavy (non-hydrogen) atoms. The minimum atomic E-state index is -0.838. The minimum Gasteiger partial charge on any atom is -0.481 e. The fraction of sp³-hybridized carbons (Fsp3) is 0.280. The van der Waals surface area contributed by atoms with E-state index in [0.29, 0.717) is 12.8 Å². The van der Waals surface area contributed by atoms with Crippen molar-refractivity contribution in [2.24, 2.45) is 5.92 Å². The Bertz CT molecular complexity index is 1200. The normalized spacial score (nSPS) is 18.4. The summed E-state index contributed by atoms with van der Waals surface area (Å²) in [5, 5.41) is 17.7. The van der Waals surface area contributed by atoms with Crippen LogP contribution in [0.4, 0.5) is 10.7 Å². The maximum atomic E-state index is 12.4. The summed E-state index contributed by atoms with van der Waals surface area (Å²) in [6.07, 6.45) is 0.618. The highest BCUT2D eigenvalue weighted by Crippen LogP contribution is 2.44. The van der Waals surface area contributed by atoms with E-state index in [0.717, 1.165) is 22.3 Å². The predicted molar refractivity (Wildman–Crippen MR) is 121 cm³/mol. The highest BCUT2D eigenvalue weighted by Gasteiger charge is 2.33. The van der Waals surface area contributed by atoms with Crippen LogP contribution in [0.25, 0.3) is 11.1 Å². The molecule has 0 bridgehead atoms. The van der Waals surface area contributed by atoms with Gasteiger partial charge in [-0.3, -0.25) is 14.9 Å². The summed E-state index contributed by atoms with van der Waals surface area (Å²) in [5.41, 5.74) is 4.52. The number of aliphatic carboxylic acids is 1. The molecule has 1 heterocycles. The molecule has 174 valence electrons. The van der Waals surface area contributed by atoms with E-state index in [1.54, 1.807) is 0 Å². The quantitative estimate of drug-likeness (QED) is 0.484. The second-order valence-corrected chi connectivity index (χ2v) is 8.63. The predicted octanol–water partition coefficient (Wildman–Crippen LogP) is 4.02. The number of hydrogen-bond acceptors (Lipinski definition) is 6. The maximum Gasteiger partial charge on any atom is 0.414 e. The van der Waals surface area contributed by atoms with E-state index < -0.39 is 18.0 Å². The Balaban J connectivity index is 1.14. The number of anilines is 1. The van der Waals surface area contributed by atoms with E-state index >= 15 is 0 Å². The minimum absolute atomic E-state index is 0.000245. The van der Waals surface area contributed by atoms with Crippen molar-refractivity contribution >= 4 is 23.9 Å². The van der Waals surface area contributed by atoms with Crippen LogP contribution >= 0.6 is 0 Å². The standard InChI is InChI=1S/C25H23N3O6/c29-23(30)11-14-9-15(10-14)26-24(31)21-12-22(34-28-21)27-25(32)33-13-20-18-7-3-1-5-16(18)17-6-2-4-8-19(17)20/h1-8,12,14-15,20H,9-11,13H2,(H,26,31)(H,27,32)(H,29,30). The monoisotopic (exact) mass is 461 g/mol. The Morgan fingerprint density at radius 1 is 1.03 bits per heavy atom. The highest BCUT2D eigenvalue weighted by molar-refractivity contribution is 5.94. The van der Waals surface area contributed by atoms with Crippen molar-refractivity contribution in [1.82, 2.24) is 10.5 Å². The Labute approximate surface area is 195 Å². The van der Waals surface area contributed by atoms with Crippen molar-refractivity contribution in [3.8, 4) is 11.1 Å². The molecule has 2 amide bonds. The number of aromatic nitrogens is 1. The molecule has 5 rings (SSSR count). The Morgan fingerprint density at radius 3 is 2.32 bits per heavy atom. The number of nitrogens with zero attached hydrogens (tertiary/aromatic N) is 1. The number of rotatable bonds is 7. The van der Waals surface area contributed by atoms with Crippen molar-refractivity contribution in [2.45, 2.75) is 31.2 Å². The first-order chi connectivity index (χ1) is 16.5. The van der Waals surface area contributed by atoms with Crippen LogP contribution < -0.4 is 10.6 Å². The first-order valence-corrected chi connectivity index (χ1v) is 11.1. The number of carbonyl (C=O) groups excluding carboxylic acids is 2. The maximum absolute atomic E-state index is 12.4. The van der Waals surface area contributed by atoms with Gasteiger partial charge in [-0.15, -0.1) is 0 Å². The summed E-state index contributed by atoms with van der Waals surface area (Å²) in [6, 6.07) is 17.3. The number of carbonyl (C=O) groups is 3. The summed E-state index contributed by atoms with van der Waals surface area (Å²) < 4.78 is 10.5. The van der Waals surface area contributed by atoms with Gasteiger partial charge in [-0.1, -0.05) is 53.7 Å². The lowest BCUT2D eigenvalue weighted by molar-refractivity contribution is -0.138. The third kappa shape index (κ3) is 4.36. The van der Waals surface area contributed by atoms with Crippen LogP contribution in [-0.2, 0) is 9.53 Å². The molecule has 2 aliphatic carbocycles. The molecule has 0 atom stereocenters. The van der Waals surface area contributed by atoms with Crippen LogP contribution in [-0.4, -0.2) is 40.9 Å². The second kappa shape index (κ2) is 9.01. The molecule has 3 N–H and O–H groups in total. The lowest BCUT2D eigenvalue weighted by Crippen LogP contribution is -2.44. The van der Waals surface area contributed by atoms with Gasteiger partial charge in [-0.05, 0) is 41.0 Å². The molecule has 1 saturated carbocycles. The van der Waals surface area contributed by atoms with Gasteiger partial charge in [0.15, 0.2) is 5.69 Å². The van der Waals surface area contributed by atoms with E-state index in [2.05, 4.69) is 27.9 Å². The number of carboxylic acids is 1. The van der Waals surface area contributed by atoms with E-state index in [1.807, 2.05) is 36.4 Å². The molecular formula is C25H23N3O6. The van der Waals surface area contributed by atoms with Crippen LogP contribution in [0.5, 0.6) is 0 Å². The summed E-state index contributed by atoms with van der Waals surface area (Å²) >= 11 is 0. The van der Waals surface area contributed by atoms with Crippen molar-refractivity contribution < 1.29 is 28.8 Å². The average Bonchev–Trinajstić information content (AvgIpc) is 3.39. The van der Waals surface area contributed by atoms with Crippen LogP contribution in [0.15, 0.2) is 59.1 Å². The topological polar surface area (TPSA) is 131 Å². The second-order valence-electron chi connectivity index (χ2n) is 8.63. The third-order valence-corrected chi connectivity index (χ3v) is 6.35. The first-order valence-electron chi connectivity index (χ1n) is 11.1. The number of amides is 2. The van der Waals surface area contributed by atoms with Gasteiger partial charge in [0.1, 0.15) is 6.61 Å². The molecule has 0 unspecified atom stereocenters. The zero-order chi connectivity index (χ0) is 23.7. The van der Waals surface area contributed by atoms with E-state index in [1.165, 1.54) is 6.07 Å². The first kappa shape index (κ1) is 21.7. The zero-order valence-corrected chi connectivity index (χ0v) is 18.2. The van der Waals surface area contributed by atoms with Crippen molar-refractivity contribution in [1.29, 1.82) is 0 Å². The van der Waals surface area contributed by atoms with Crippen LogP contribution in [0.1, 0.15) is 46.8 Å². The van der Waals surface area contributed by atoms with Crippen LogP contribution in [0.2, 0.25) is 0 Å². The molecule has 1 fully saturated rings. The number of nitrogens with one attached hydrogen (secondary N) is 2. The van der Waals surface area contributed by atoms with Crippen molar-refractivity contribution in [2.75, 3.05) is 11.9 Å². The van der Waals surface area contributed by atoms with Crippen LogP contribution in [0.3, 0.4) is 0 Å². The van der Waals surface area contributed by atoms with Crippen molar-refractivity contribution in [3.63, 3.8) is 0 Å². The largest absolute Gasteiger partial charge is 0.481 e. The van der Waals surface area contributed by atoms with Gasteiger partial charge in [0.2, 0.25) is 5.88 Å². The third-order valence-electron chi connectivity index (χ3n) is 6.35. The zero-order valence-electron chi connectivity index (χ0n) is 18.2.